The molecule has 0 amide bonds. The first-order chi connectivity index (χ1) is 8.20. The molecule has 1 rings (SSSR count). The topological polar surface area (TPSA) is 55.4 Å². The Kier molecular flexibility index (Phi) is 4.64. The predicted molar refractivity (Wildman–Crippen MR) is 72.9 cm³/mol. The van der Waals surface area contributed by atoms with Crippen LogP contribution in [0, 0.1) is 13.8 Å². The number of nitrogens with one attached hydrogen (secondary N) is 1. The molecule has 1 aromatic carbocycles. The molecule has 0 atom stereocenters. The number of rotatable bonds is 4. The molecule has 0 heterocycles. The van der Waals surface area contributed by atoms with E-state index in [1.54, 1.807) is 26.8 Å². The van der Waals surface area contributed by atoms with E-state index < -0.39 is 10.0 Å². The van der Waals surface area contributed by atoms with Crippen LogP contribution < -0.4 is 9.46 Å². The maximum atomic E-state index is 12.3. The summed E-state index contributed by atoms with van der Waals surface area (Å²) in [7, 11) is -2.19. The third-order valence-corrected chi connectivity index (χ3v) is 4.88. The molecular formula is C12H18ClNO3S. The summed E-state index contributed by atoms with van der Waals surface area (Å²) in [6, 6.07) is 1.43. The van der Waals surface area contributed by atoms with Crippen molar-refractivity contribution in [3.8, 4) is 5.75 Å². The molecule has 0 spiro atoms. The lowest BCUT2D eigenvalue weighted by Crippen LogP contribution is -2.31. The average Bonchev–Trinajstić information content (AvgIpc) is 2.22. The molecule has 0 aliphatic heterocycles. The Morgan fingerprint density at radius 2 is 1.89 bits per heavy atom. The van der Waals surface area contributed by atoms with Gasteiger partial charge in [-0.1, -0.05) is 11.6 Å². The number of aryl methyl sites for hydroxylation is 1. The average molecular weight is 292 g/mol. The van der Waals surface area contributed by atoms with Gasteiger partial charge in [-0.05, 0) is 44.9 Å². The minimum atomic E-state index is -3.63. The van der Waals surface area contributed by atoms with Crippen LogP contribution in [0.25, 0.3) is 0 Å². The zero-order chi connectivity index (χ0) is 14.1. The van der Waals surface area contributed by atoms with Crippen molar-refractivity contribution in [3.63, 3.8) is 0 Å². The molecule has 0 aliphatic rings. The molecule has 0 fully saturated rings. The van der Waals surface area contributed by atoms with Crippen LogP contribution in [0.5, 0.6) is 5.75 Å². The Balaban J connectivity index is 3.54. The lowest BCUT2D eigenvalue weighted by Gasteiger charge is -2.17. The molecule has 18 heavy (non-hydrogen) atoms. The second-order valence-electron chi connectivity index (χ2n) is 4.44. The molecule has 0 saturated carbocycles. The highest BCUT2D eigenvalue weighted by Crippen LogP contribution is 2.34. The van der Waals surface area contributed by atoms with E-state index in [-0.39, 0.29) is 10.9 Å². The van der Waals surface area contributed by atoms with Gasteiger partial charge in [0.25, 0.3) is 0 Å². The van der Waals surface area contributed by atoms with Crippen molar-refractivity contribution in [1.29, 1.82) is 0 Å². The van der Waals surface area contributed by atoms with Crippen molar-refractivity contribution in [2.24, 2.45) is 0 Å². The van der Waals surface area contributed by atoms with E-state index in [2.05, 4.69) is 4.72 Å². The summed E-state index contributed by atoms with van der Waals surface area (Å²) in [5, 5.41) is 0.444. The molecular weight excluding hydrogens is 274 g/mol. The summed E-state index contributed by atoms with van der Waals surface area (Å²) in [6.45, 7) is 7.00. The van der Waals surface area contributed by atoms with Gasteiger partial charge >= 0.3 is 0 Å². The number of sulfonamides is 1. The highest BCUT2D eigenvalue weighted by Gasteiger charge is 2.25. The van der Waals surface area contributed by atoms with Crippen molar-refractivity contribution in [2.45, 2.75) is 38.6 Å². The standard InChI is InChI=1S/C12H18ClNO3S/c1-7(2)14-18(15,16)12-9(4)11(13)8(3)6-10(12)17-5/h6-7,14H,1-5H3. The fourth-order valence-corrected chi connectivity index (χ4v) is 3.62. The Hall–Kier alpha value is -0.780. The molecule has 0 saturated heterocycles. The molecule has 4 nitrogen and oxygen atoms in total. The number of halogens is 1. The third kappa shape index (κ3) is 2.96. The zero-order valence-electron chi connectivity index (χ0n) is 11.2. The van der Waals surface area contributed by atoms with Crippen LogP contribution >= 0.6 is 11.6 Å². The van der Waals surface area contributed by atoms with Crippen LogP contribution in [-0.4, -0.2) is 21.6 Å². The highest BCUT2D eigenvalue weighted by atomic mass is 35.5. The number of ether oxygens (including phenoxy) is 1. The van der Waals surface area contributed by atoms with Crippen LogP contribution in [0.4, 0.5) is 0 Å². The molecule has 0 radical (unpaired) electrons. The molecule has 102 valence electrons. The van der Waals surface area contributed by atoms with Crippen LogP contribution in [0.2, 0.25) is 5.02 Å². The smallest absolute Gasteiger partial charge is 0.244 e. The normalized spacial score (nSPS) is 11.9. The van der Waals surface area contributed by atoms with Crippen LogP contribution in [0.3, 0.4) is 0 Å². The Morgan fingerprint density at radius 3 is 2.33 bits per heavy atom. The number of hydrogen-bond acceptors (Lipinski definition) is 3. The summed E-state index contributed by atoms with van der Waals surface area (Å²) in [6.07, 6.45) is 0. The number of benzene rings is 1. The highest BCUT2D eigenvalue weighted by molar-refractivity contribution is 7.89. The molecule has 0 aromatic heterocycles. The molecule has 6 heteroatoms. The van der Waals surface area contributed by atoms with E-state index >= 15 is 0 Å². The van der Waals surface area contributed by atoms with E-state index in [4.69, 9.17) is 16.3 Å². The summed E-state index contributed by atoms with van der Waals surface area (Å²) < 4.78 is 32.2. The van der Waals surface area contributed by atoms with E-state index in [9.17, 15) is 8.42 Å². The van der Waals surface area contributed by atoms with E-state index in [1.165, 1.54) is 7.11 Å². The van der Waals surface area contributed by atoms with Gasteiger partial charge in [0.2, 0.25) is 10.0 Å². The first-order valence-electron chi connectivity index (χ1n) is 5.56. The molecule has 0 aliphatic carbocycles. The fourth-order valence-electron chi connectivity index (χ4n) is 1.76. The van der Waals surface area contributed by atoms with Crippen LogP contribution in [-0.2, 0) is 10.0 Å². The quantitative estimate of drug-likeness (QED) is 0.928. The Labute approximate surface area is 113 Å². The molecule has 1 N–H and O–H groups in total. The van der Waals surface area contributed by atoms with Gasteiger partial charge in [-0.15, -0.1) is 0 Å². The second-order valence-corrected chi connectivity index (χ2v) is 6.47. The largest absolute Gasteiger partial charge is 0.495 e. The number of hydrogen-bond donors (Lipinski definition) is 1. The summed E-state index contributed by atoms with van der Waals surface area (Å²) in [5.74, 6) is 0.308. The monoisotopic (exact) mass is 291 g/mol. The van der Waals surface area contributed by atoms with E-state index in [1.807, 2.05) is 6.92 Å². The Morgan fingerprint density at radius 1 is 1.33 bits per heavy atom. The molecule has 0 unspecified atom stereocenters. The first-order valence-corrected chi connectivity index (χ1v) is 7.42. The van der Waals surface area contributed by atoms with Gasteiger partial charge in [0.1, 0.15) is 10.6 Å². The molecule has 1 aromatic rings. The van der Waals surface area contributed by atoms with E-state index in [0.717, 1.165) is 5.56 Å². The van der Waals surface area contributed by atoms with Gasteiger partial charge in [0.05, 0.1) is 7.11 Å². The third-order valence-electron chi connectivity index (χ3n) is 2.47. The second kappa shape index (κ2) is 5.47. The van der Waals surface area contributed by atoms with Gasteiger partial charge in [0, 0.05) is 11.1 Å². The van der Waals surface area contributed by atoms with Crippen molar-refractivity contribution in [2.75, 3.05) is 7.11 Å². The minimum Gasteiger partial charge on any atom is -0.495 e. The van der Waals surface area contributed by atoms with Gasteiger partial charge in [-0.2, -0.15) is 0 Å². The number of methoxy groups -OCH3 is 1. The SMILES string of the molecule is COc1cc(C)c(Cl)c(C)c1S(=O)(=O)NC(C)C. The fraction of sp³-hybridized carbons (Fsp3) is 0.500. The van der Waals surface area contributed by atoms with E-state index in [0.29, 0.717) is 16.3 Å². The first kappa shape index (κ1) is 15.3. The zero-order valence-corrected chi connectivity index (χ0v) is 12.7. The summed E-state index contributed by atoms with van der Waals surface area (Å²) >= 11 is 6.11. The predicted octanol–water partition coefficient (Wildman–Crippen LogP) is 2.65. The summed E-state index contributed by atoms with van der Waals surface area (Å²) in [5.41, 5.74) is 1.29. The van der Waals surface area contributed by atoms with Gasteiger partial charge in [0.15, 0.2) is 0 Å². The van der Waals surface area contributed by atoms with Crippen molar-refractivity contribution in [3.05, 3.63) is 22.2 Å². The lowest BCUT2D eigenvalue weighted by atomic mass is 10.1. The maximum Gasteiger partial charge on any atom is 0.244 e. The van der Waals surface area contributed by atoms with Crippen LogP contribution in [0.15, 0.2) is 11.0 Å². The van der Waals surface area contributed by atoms with Gasteiger partial charge in [-0.3, -0.25) is 0 Å². The lowest BCUT2D eigenvalue weighted by molar-refractivity contribution is 0.401. The van der Waals surface area contributed by atoms with Crippen LogP contribution in [0.1, 0.15) is 25.0 Å². The van der Waals surface area contributed by atoms with Crippen molar-refractivity contribution >= 4 is 21.6 Å². The van der Waals surface area contributed by atoms with Gasteiger partial charge < -0.3 is 4.74 Å². The van der Waals surface area contributed by atoms with Crippen molar-refractivity contribution in [1.82, 2.24) is 4.72 Å². The van der Waals surface area contributed by atoms with Crippen molar-refractivity contribution < 1.29 is 13.2 Å². The molecule has 0 bridgehead atoms. The maximum absolute atomic E-state index is 12.3. The minimum absolute atomic E-state index is 0.106. The van der Waals surface area contributed by atoms with Gasteiger partial charge in [-0.25, -0.2) is 13.1 Å². The summed E-state index contributed by atoms with van der Waals surface area (Å²) in [4.78, 5) is 0.106. The Bertz CT molecular complexity index is 553.